The minimum absolute atomic E-state index is 0.00245. The molecular weight excluding hydrogens is 502 g/mol. The number of benzene rings is 1. The number of ether oxygens (including phenoxy) is 2. The predicted molar refractivity (Wildman–Crippen MR) is 144 cm³/mol. The van der Waals surface area contributed by atoms with Crippen LogP contribution in [0, 0.1) is 0 Å². The van der Waals surface area contributed by atoms with Crippen LogP contribution in [0.5, 0.6) is 5.75 Å². The van der Waals surface area contributed by atoms with Gasteiger partial charge in [0.05, 0.1) is 25.2 Å². The number of nitrogens with zero attached hydrogens (tertiary/aromatic N) is 2. The molecule has 4 amide bonds. The summed E-state index contributed by atoms with van der Waals surface area (Å²) in [4.78, 5) is 57.1. The van der Waals surface area contributed by atoms with E-state index in [1.807, 2.05) is 24.3 Å². The van der Waals surface area contributed by atoms with E-state index in [1.54, 1.807) is 37.6 Å². The average Bonchev–Trinajstić information content (AvgIpc) is 3.36. The summed E-state index contributed by atoms with van der Waals surface area (Å²) in [5.74, 6) is -0.418. The molecule has 0 bridgehead atoms. The number of fused-ring (bicyclic) bond motifs is 2. The van der Waals surface area contributed by atoms with Gasteiger partial charge in [-0.25, -0.2) is 0 Å². The third-order valence-electron chi connectivity index (χ3n) is 8.22. The number of amides is 4. The topological polar surface area (TPSA) is 129 Å². The van der Waals surface area contributed by atoms with Crippen molar-refractivity contribution in [2.75, 3.05) is 33.9 Å². The predicted octanol–water partition coefficient (Wildman–Crippen LogP) is 0.736. The zero-order valence-corrected chi connectivity index (χ0v) is 23.5. The molecule has 3 aliphatic heterocycles. The Balaban J connectivity index is 1.57. The van der Waals surface area contributed by atoms with Crippen molar-refractivity contribution in [2.45, 2.75) is 82.3 Å². The van der Waals surface area contributed by atoms with Gasteiger partial charge in [-0.3, -0.25) is 19.2 Å². The van der Waals surface area contributed by atoms with E-state index in [0.717, 1.165) is 11.3 Å². The Hall–Kier alpha value is -3.18. The molecule has 0 aliphatic carbocycles. The summed E-state index contributed by atoms with van der Waals surface area (Å²) in [5.41, 5.74) is -0.154. The van der Waals surface area contributed by atoms with E-state index in [0.29, 0.717) is 38.8 Å². The highest BCUT2D eigenvalue weighted by molar-refractivity contribution is 5.95. The van der Waals surface area contributed by atoms with E-state index < -0.39 is 23.7 Å². The maximum atomic E-state index is 14.0. The first kappa shape index (κ1) is 28.8. The zero-order valence-electron chi connectivity index (χ0n) is 23.5. The lowest BCUT2D eigenvalue weighted by Crippen LogP contribution is -2.63. The van der Waals surface area contributed by atoms with Gasteiger partial charge in [0.15, 0.2) is 0 Å². The Morgan fingerprint density at radius 1 is 1.08 bits per heavy atom. The standard InChI is InChI=1S/C28H41N5O6/c1-17(29-4)24(34)31-21-16-32(27(37)28(2,3)38-5)14-12-18-10-11-22(33(18)26(21)36)25(35)30-20-13-15-39-23-9-7-6-8-19(20)23/h6-9,17-18,20-22,29H,10-16H2,1-5H3,(H,30,35)(H,31,34)/t17-,18+,20+,21-,22-/m0/s1. The molecule has 3 N–H and O–H groups in total. The average molecular weight is 544 g/mol. The van der Waals surface area contributed by atoms with Crippen LogP contribution in [0.3, 0.4) is 0 Å². The van der Waals surface area contributed by atoms with Crippen molar-refractivity contribution < 1.29 is 28.7 Å². The summed E-state index contributed by atoms with van der Waals surface area (Å²) in [6.45, 7) is 5.94. The fourth-order valence-corrected chi connectivity index (χ4v) is 5.58. The van der Waals surface area contributed by atoms with Crippen LogP contribution >= 0.6 is 0 Å². The fraction of sp³-hybridized carbons (Fsp3) is 0.643. The Morgan fingerprint density at radius 3 is 2.54 bits per heavy atom. The van der Waals surface area contributed by atoms with Crippen LogP contribution in [0.4, 0.5) is 0 Å². The highest BCUT2D eigenvalue weighted by atomic mass is 16.5. The van der Waals surface area contributed by atoms with Gasteiger partial charge >= 0.3 is 0 Å². The number of para-hydroxylation sites is 1. The van der Waals surface area contributed by atoms with Crippen molar-refractivity contribution in [3.05, 3.63) is 29.8 Å². The maximum Gasteiger partial charge on any atom is 0.254 e. The smallest absolute Gasteiger partial charge is 0.254 e. The largest absolute Gasteiger partial charge is 0.493 e. The molecule has 0 aromatic heterocycles. The highest BCUT2D eigenvalue weighted by Crippen LogP contribution is 2.34. The van der Waals surface area contributed by atoms with Crippen molar-refractivity contribution in [3.63, 3.8) is 0 Å². The van der Waals surface area contributed by atoms with Gasteiger partial charge in [-0.05, 0) is 53.1 Å². The Labute approximate surface area is 229 Å². The van der Waals surface area contributed by atoms with Gasteiger partial charge in [0.2, 0.25) is 17.7 Å². The van der Waals surface area contributed by atoms with E-state index in [-0.39, 0.29) is 42.3 Å². The molecule has 0 radical (unpaired) electrons. The van der Waals surface area contributed by atoms with Crippen molar-refractivity contribution in [1.29, 1.82) is 0 Å². The third kappa shape index (κ3) is 6.04. The normalized spacial score (nSPS) is 25.9. The summed E-state index contributed by atoms with van der Waals surface area (Å²) in [7, 11) is 3.13. The quantitative estimate of drug-likeness (QED) is 0.463. The molecule has 5 atom stereocenters. The summed E-state index contributed by atoms with van der Waals surface area (Å²) >= 11 is 0. The summed E-state index contributed by atoms with van der Waals surface area (Å²) in [6, 6.07) is 5.02. The molecule has 214 valence electrons. The second-order valence-corrected chi connectivity index (χ2v) is 11.1. The Morgan fingerprint density at radius 2 is 1.82 bits per heavy atom. The monoisotopic (exact) mass is 543 g/mol. The van der Waals surface area contributed by atoms with Gasteiger partial charge < -0.3 is 35.2 Å². The number of nitrogens with one attached hydrogen (secondary N) is 3. The molecule has 0 unspecified atom stereocenters. The lowest BCUT2D eigenvalue weighted by molar-refractivity contribution is -0.155. The molecular formula is C28H41N5O6. The molecule has 0 spiro atoms. The van der Waals surface area contributed by atoms with E-state index in [1.165, 1.54) is 7.11 Å². The number of rotatable bonds is 7. The molecule has 4 rings (SSSR count). The number of hydrogen-bond acceptors (Lipinski definition) is 7. The highest BCUT2D eigenvalue weighted by Gasteiger charge is 2.47. The minimum atomic E-state index is -1.08. The van der Waals surface area contributed by atoms with E-state index in [4.69, 9.17) is 9.47 Å². The first-order valence-corrected chi connectivity index (χ1v) is 13.7. The Bertz CT molecular complexity index is 1090. The summed E-state index contributed by atoms with van der Waals surface area (Å²) in [6.07, 6.45) is 2.32. The zero-order chi connectivity index (χ0) is 28.3. The number of carbonyl (C=O) groups is 4. The molecule has 11 nitrogen and oxygen atoms in total. The van der Waals surface area contributed by atoms with Gasteiger partial charge in [0.25, 0.3) is 5.91 Å². The molecule has 2 saturated heterocycles. The number of likely N-dealkylation sites (N-methyl/N-ethyl adjacent to an activating group) is 1. The molecule has 1 aromatic carbocycles. The molecule has 2 fully saturated rings. The van der Waals surface area contributed by atoms with Crippen LogP contribution < -0.4 is 20.7 Å². The lowest BCUT2D eigenvalue weighted by Gasteiger charge is -2.40. The summed E-state index contributed by atoms with van der Waals surface area (Å²) < 4.78 is 11.1. The molecule has 3 aliphatic rings. The molecule has 39 heavy (non-hydrogen) atoms. The minimum Gasteiger partial charge on any atom is -0.493 e. The van der Waals surface area contributed by atoms with Crippen molar-refractivity contribution in [2.24, 2.45) is 0 Å². The van der Waals surface area contributed by atoms with Crippen molar-refractivity contribution in [3.8, 4) is 5.75 Å². The number of carbonyl (C=O) groups excluding carboxylic acids is 4. The third-order valence-corrected chi connectivity index (χ3v) is 8.22. The van der Waals surface area contributed by atoms with Crippen LogP contribution in [-0.4, -0.2) is 97.1 Å². The fourth-order valence-electron chi connectivity index (χ4n) is 5.58. The first-order chi connectivity index (χ1) is 18.6. The summed E-state index contributed by atoms with van der Waals surface area (Å²) in [5, 5.41) is 8.86. The molecule has 0 saturated carbocycles. The molecule has 1 aromatic rings. The SMILES string of the molecule is CN[C@@H](C)C(=O)N[C@H]1CN(C(=O)C(C)(C)OC)CC[C@H]2CC[C@@H](C(=O)N[C@@H]3CCOc4ccccc43)N2C1=O. The van der Waals surface area contributed by atoms with Crippen LogP contribution in [0.15, 0.2) is 24.3 Å². The first-order valence-electron chi connectivity index (χ1n) is 13.7. The van der Waals surface area contributed by atoms with Crippen LogP contribution in [0.2, 0.25) is 0 Å². The van der Waals surface area contributed by atoms with Gasteiger partial charge in [-0.2, -0.15) is 0 Å². The van der Waals surface area contributed by atoms with Gasteiger partial charge in [-0.1, -0.05) is 18.2 Å². The van der Waals surface area contributed by atoms with E-state index in [9.17, 15) is 19.2 Å². The van der Waals surface area contributed by atoms with E-state index in [2.05, 4.69) is 16.0 Å². The van der Waals surface area contributed by atoms with Gasteiger partial charge in [-0.15, -0.1) is 0 Å². The Kier molecular flexibility index (Phi) is 8.80. The molecule has 11 heteroatoms. The van der Waals surface area contributed by atoms with Crippen molar-refractivity contribution in [1.82, 2.24) is 25.8 Å². The van der Waals surface area contributed by atoms with Gasteiger partial charge in [0.1, 0.15) is 23.4 Å². The molecule has 3 heterocycles. The second-order valence-electron chi connectivity index (χ2n) is 11.1. The van der Waals surface area contributed by atoms with Crippen molar-refractivity contribution >= 4 is 23.6 Å². The van der Waals surface area contributed by atoms with Crippen LogP contribution in [0.1, 0.15) is 58.1 Å². The second kappa shape index (κ2) is 11.9. The lowest BCUT2D eigenvalue weighted by atomic mass is 10.00. The maximum absolute atomic E-state index is 14.0. The van der Waals surface area contributed by atoms with E-state index >= 15 is 0 Å². The number of methoxy groups -OCH3 is 1. The van der Waals surface area contributed by atoms with Crippen LogP contribution in [-0.2, 0) is 23.9 Å². The number of hydrogen-bond donors (Lipinski definition) is 3. The van der Waals surface area contributed by atoms with Crippen LogP contribution in [0.25, 0.3) is 0 Å². The van der Waals surface area contributed by atoms with Gasteiger partial charge in [0, 0.05) is 31.7 Å².